The minimum absolute atomic E-state index is 0.0730. The zero-order valence-corrected chi connectivity index (χ0v) is 15.2. The molecule has 1 aromatic carbocycles. The number of urea groups is 1. The molecule has 0 unspecified atom stereocenters. The van der Waals surface area contributed by atoms with Crippen LogP contribution in [0, 0.1) is 0 Å². The maximum absolute atomic E-state index is 12.2. The highest BCUT2D eigenvalue weighted by molar-refractivity contribution is 6.31. The predicted molar refractivity (Wildman–Crippen MR) is 100.0 cm³/mol. The quantitative estimate of drug-likeness (QED) is 0.640. The van der Waals surface area contributed by atoms with E-state index in [0.717, 1.165) is 29.4 Å². The molecule has 0 saturated carbocycles. The van der Waals surface area contributed by atoms with Gasteiger partial charge in [-0.05, 0) is 37.1 Å². The topological polar surface area (TPSA) is 97.5 Å². The van der Waals surface area contributed by atoms with Gasteiger partial charge >= 0.3 is 6.03 Å². The van der Waals surface area contributed by atoms with E-state index in [1.807, 2.05) is 24.3 Å². The van der Waals surface area contributed by atoms with Crippen molar-refractivity contribution >= 4 is 34.4 Å². The van der Waals surface area contributed by atoms with Gasteiger partial charge in [0.05, 0.1) is 13.2 Å². The summed E-state index contributed by atoms with van der Waals surface area (Å²) in [6.45, 7) is 1.38. The fraction of sp³-hybridized carbons (Fsp3) is 0.444. The molecule has 1 saturated heterocycles. The number of aliphatic hydroxyl groups excluding tert-OH is 1. The summed E-state index contributed by atoms with van der Waals surface area (Å²) < 4.78 is 0. The number of rotatable bonds is 5. The molecule has 3 rings (SSSR count). The van der Waals surface area contributed by atoms with Gasteiger partial charge in [0, 0.05) is 47.2 Å². The molecule has 0 bridgehead atoms. The van der Waals surface area contributed by atoms with E-state index in [0.29, 0.717) is 24.7 Å². The summed E-state index contributed by atoms with van der Waals surface area (Å²) in [5, 5.41) is 16.3. The van der Waals surface area contributed by atoms with Gasteiger partial charge in [0.1, 0.15) is 0 Å². The molecule has 1 fully saturated rings. The molecule has 140 valence electrons. The van der Waals surface area contributed by atoms with Gasteiger partial charge in [-0.3, -0.25) is 4.79 Å². The first-order valence-corrected chi connectivity index (χ1v) is 9.13. The van der Waals surface area contributed by atoms with Crippen molar-refractivity contribution in [3.63, 3.8) is 0 Å². The van der Waals surface area contributed by atoms with Crippen LogP contribution in [-0.4, -0.2) is 52.7 Å². The summed E-state index contributed by atoms with van der Waals surface area (Å²) in [4.78, 5) is 29.0. The molecule has 26 heavy (non-hydrogen) atoms. The second kappa shape index (κ2) is 8.42. The minimum atomic E-state index is -0.261. The molecule has 8 heteroatoms. The average molecular weight is 379 g/mol. The van der Waals surface area contributed by atoms with Crippen LogP contribution >= 0.6 is 11.6 Å². The van der Waals surface area contributed by atoms with E-state index in [1.54, 1.807) is 4.90 Å². The number of piperidine rings is 1. The lowest BCUT2D eigenvalue weighted by molar-refractivity contribution is -0.133. The second-order valence-corrected chi connectivity index (χ2v) is 6.94. The van der Waals surface area contributed by atoms with Crippen LogP contribution in [0.4, 0.5) is 4.79 Å². The fourth-order valence-corrected chi connectivity index (χ4v) is 3.43. The van der Waals surface area contributed by atoms with Gasteiger partial charge in [0.15, 0.2) is 0 Å². The molecule has 1 aliphatic rings. The minimum Gasteiger partial charge on any atom is -0.396 e. The van der Waals surface area contributed by atoms with Gasteiger partial charge in [-0.25, -0.2) is 4.79 Å². The number of halogens is 1. The average Bonchev–Trinajstić information content (AvgIpc) is 3.02. The van der Waals surface area contributed by atoms with Crippen molar-refractivity contribution in [1.82, 2.24) is 20.5 Å². The zero-order chi connectivity index (χ0) is 18.5. The molecular weight excluding hydrogens is 356 g/mol. The first-order chi connectivity index (χ1) is 12.5. The molecule has 2 heterocycles. The van der Waals surface area contributed by atoms with Crippen LogP contribution in [0.5, 0.6) is 0 Å². The van der Waals surface area contributed by atoms with Crippen molar-refractivity contribution in [2.45, 2.75) is 31.8 Å². The Balaban J connectivity index is 1.49. The third-order valence-corrected chi connectivity index (χ3v) is 4.75. The Hall–Kier alpha value is -2.25. The van der Waals surface area contributed by atoms with E-state index in [9.17, 15) is 9.59 Å². The smallest absolute Gasteiger partial charge is 0.315 e. The lowest BCUT2D eigenvalue weighted by atomic mass is 10.1. The largest absolute Gasteiger partial charge is 0.396 e. The van der Waals surface area contributed by atoms with Gasteiger partial charge in [-0.2, -0.15) is 0 Å². The number of benzene rings is 1. The zero-order valence-electron chi connectivity index (χ0n) is 14.4. The third kappa shape index (κ3) is 4.68. The summed E-state index contributed by atoms with van der Waals surface area (Å²) in [6.07, 6.45) is 1.80. The summed E-state index contributed by atoms with van der Waals surface area (Å²) in [5.41, 5.74) is 1.86. The Labute approximate surface area is 156 Å². The van der Waals surface area contributed by atoms with E-state index in [-0.39, 0.29) is 31.0 Å². The van der Waals surface area contributed by atoms with Crippen molar-refractivity contribution in [3.8, 4) is 0 Å². The first-order valence-electron chi connectivity index (χ1n) is 8.75. The highest BCUT2D eigenvalue weighted by Crippen LogP contribution is 2.20. The summed E-state index contributed by atoms with van der Waals surface area (Å²) in [5.74, 6) is -0.0730. The molecule has 2 aromatic rings. The molecule has 0 aliphatic carbocycles. The highest BCUT2D eigenvalue weighted by atomic mass is 35.5. The van der Waals surface area contributed by atoms with Crippen molar-refractivity contribution in [2.75, 3.05) is 19.7 Å². The normalized spacial score (nSPS) is 17.3. The van der Waals surface area contributed by atoms with Gasteiger partial charge in [-0.15, -0.1) is 0 Å². The maximum atomic E-state index is 12.2. The number of aromatic amines is 1. The molecule has 0 radical (unpaired) electrons. The SMILES string of the molecule is O=C(NCc1cc2cc(Cl)ccc2[nH]1)N[C@@H]1CCCN(C(=O)CCO)C1. The lowest BCUT2D eigenvalue weighted by Crippen LogP contribution is -2.51. The molecule has 3 amide bonds. The number of amides is 3. The predicted octanol–water partition coefficient (Wildman–Crippen LogP) is 1.99. The van der Waals surface area contributed by atoms with Gasteiger partial charge in [-0.1, -0.05) is 11.6 Å². The van der Waals surface area contributed by atoms with Crippen LogP contribution in [0.25, 0.3) is 10.9 Å². The van der Waals surface area contributed by atoms with E-state index in [2.05, 4.69) is 15.6 Å². The summed E-state index contributed by atoms with van der Waals surface area (Å²) in [6, 6.07) is 7.21. The van der Waals surface area contributed by atoms with Gasteiger partial charge < -0.3 is 25.6 Å². The maximum Gasteiger partial charge on any atom is 0.315 e. The van der Waals surface area contributed by atoms with E-state index in [1.165, 1.54) is 0 Å². The Morgan fingerprint density at radius 2 is 2.19 bits per heavy atom. The number of carbonyl (C=O) groups is 2. The van der Waals surface area contributed by atoms with Crippen LogP contribution in [0.3, 0.4) is 0 Å². The molecule has 4 N–H and O–H groups in total. The van der Waals surface area contributed by atoms with Crippen LogP contribution in [0.15, 0.2) is 24.3 Å². The van der Waals surface area contributed by atoms with Gasteiger partial charge in [0.25, 0.3) is 0 Å². The van der Waals surface area contributed by atoms with E-state index in [4.69, 9.17) is 16.7 Å². The van der Waals surface area contributed by atoms with Crippen LogP contribution in [-0.2, 0) is 11.3 Å². The standard InChI is InChI=1S/C18H23ClN4O3/c19-13-3-4-16-12(8-13)9-15(21-16)10-20-18(26)22-14-2-1-6-23(11-14)17(25)5-7-24/h3-4,8-9,14,21,24H,1-2,5-7,10-11H2,(H2,20,22,26)/t14-/m1/s1. The van der Waals surface area contributed by atoms with Crippen molar-refractivity contribution in [3.05, 3.63) is 35.0 Å². The number of aromatic nitrogens is 1. The number of hydrogen-bond acceptors (Lipinski definition) is 3. The number of nitrogens with zero attached hydrogens (tertiary/aromatic N) is 1. The second-order valence-electron chi connectivity index (χ2n) is 6.51. The Morgan fingerprint density at radius 3 is 3.00 bits per heavy atom. The van der Waals surface area contributed by atoms with E-state index >= 15 is 0 Å². The number of aliphatic hydroxyl groups is 1. The highest BCUT2D eigenvalue weighted by Gasteiger charge is 2.24. The summed E-state index contributed by atoms with van der Waals surface area (Å²) in [7, 11) is 0. The number of likely N-dealkylation sites (tertiary alicyclic amines) is 1. The van der Waals surface area contributed by atoms with Gasteiger partial charge in [0.2, 0.25) is 5.91 Å². The van der Waals surface area contributed by atoms with Crippen LogP contribution in [0.2, 0.25) is 5.02 Å². The molecular formula is C18H23ClN4O3. The number of carbonyl (C=O) groups excluding carboxylic acids is 2. The Kier molecular flexibility index (Phi) is 6.00. The Bertz CT molecular complexity index is 792. The summed E-state index contributed by atoms with van der Waals surface area (Å²) >= 11 is 5.98. The van der Waals surface area contributed by atoms with Crippen LogP contribution in [0.1, 0.15) is 25.0 Å². The number of fused-ring (bicyclic) bond motifs is 1. The Morgan fingerprint density at radius 1 is 1.35 bits per heavy atom. The number of H-pyrrole nitrogens is 1. The lowest BCUT2D eigenvalue weighted by Gasteiger charge is -2.33. The molecule has 7 nitrogen and oxygen atoms in total. The number of nitrogens with one attached hydrogen (secondary N) is 3. The molecule has 0 spiro atoms. The number of hydrogen-bond donors (Lipinski definition) is 4. The third-order valence-electron chi connectivity index (χ3n) is 4.51. The van der Waals surface area contributed by atoms with E-state index < -0.39 is 0 Å². The monoisotopic (exact) mass is 378 g/mol. The molecule has 1 aliphatic heterocycles. The molecule has 1 aromatic heterocycles. The first kappa shape index (κ1) is 18.5. The van der Waals surface area contributed by atoms with Crippen molar-refractivity contribution < 1.29 is 14.7 Å². The fourth-order valence-electron chi connectivity index (χ4n) is 3.25. The van der Waals surface area contributed by atoms with Crippen molar-refractivity contribution in [1.29, 1.82) is 0 Å². The van der Waals surface area contributed by atoms with Crippen molar-refractivity contribution in [2.24, 2.45) is 0 Å². The van der Waals surface area contributed by atoms with Crippen LogP contribution < -0.4 is 10.6 Å². The molecule has 1 atom stereocenters.